The van der Waals surface area contributed by atoms with Gasteiger partial charge in [-0.3, -0.25) is 4.79 Å². The highest BCUT2D eigenvalue weighted by molar-refractivity contribution is 5.71. The predicted octanol–water partition coefficient (Wildman–Crippen LogP) is 0.972. The topological polar surface area (TPSA) is 98.2 Å². The number of hydrogen-bond donors (Lipinski definition) is 1. The quantitative estimate of drug-likeness (QED) is 0.874. The number of hydrogen-bond acceptors (Lipinski definition) is 5. The van der Waals surface area contributed by atoms with Crippen molar-refractivity contribution in [1.29, 1.82) is 0 Å². The zero-order chi connectivity index (χ0) is 14.7. The summed E-state index contributed by atoms with van der Waals surface area (Å²) in [4.78, 5) is 27.1. The third kappa shape index (κ3) is 2.47. The van der Waals surface area contributed by atoms with Crippen LogP contribution >= 0.6 is 0 Å². The van der Waals surface area contributed by atoms with Gasteiger partial charge in [0.25, 0.3) is 0 Å². The lowest BCUT2D eigenvalue weighted by Crippen LogP contribution is -2.29. The van der Waals surface area contributed by atoms with Crippen molar-refractivity contribution in [3.63, 3.8) is 0 Å². The van der Waals surface area contributed by atoms with E-state index in [4.69, 9.17) is 9.63 Å². The van der Waals surface area contributed by atoms with Crippen LogP contribution < -0.4 is 5.69 Å². The maximum Gasteiger partial charge on any atom is 0.353 e. The Kier molecular flexibility index (Phi) is 3.97. The predicted molar refractivity (Wildman–Crippen MR) is 70.0 cm³/mol. The molecule has 2 aromatic rings. The van der Waals surface area contributed by atoms with E-state index < -0.39 is 11.7 Å². The number of aromatic nitrogens is 3. The number of aryl methyl sites for hydroxylation is 1. The molecule has 0 saturated carbocycles. The molecule has 0 aliphatic rings. The minimum Gasteiger partial charge on any atom is -0.481 e. The third-order valence-electron chi connectivity index (χ3n) is 3.04. The van der Waals surface area contributed by atoms with Crippen molar-refractivity contribution in [3.8, 4) is 5.82 Å². The lowest BCUT2D eigenvalue weighted by molar-refractivity contribution is -0.136. The minimum atomic E-state index is -0.957. The van der Waals surface area contributed by atoms with Crippen molar-refractivity contribution >= 4 is 5.97 Å². The fraction of sp³-hybridized carbons (Fsp3) is 0.385. The lowest BCUT2D eigenvalue weighted by Gasteiger charge is -2.15. The summed E-state index contributed by atoms with van der Waals surface area (Å²) < 4.78 is 6.05. The molecule has 0 radical (unpaired) electrons. The molecule has 0 spiro atoms. The molecule has 2 rings (SSSR count). The molecule has 106 valence electrons. The van der Waals surface area contributed by atoms with Crippen molar-refractivity contribution in [2.75, 3.05) is 0 Å². The summed E-state index contributed by atoms with van der Waals surface area (Å²) in [6.45, 7) is 3.70. The summed E-state index contributed by atoms with van der Waals surface area (Å²) in [5, 5.41) is 12.8. The van der Waals surface area contributed by atoms with E-state index in [2.05, 4.69) is 10.1 Å². The fourth-order valence-corrected chi connectivity index (χ4v) is 2.23. The number of carbonyl (C=O) groups is 1. The monoisotopic (exact) mass is 277 g/mol. The molecule has 7 heteroatoms. The average molecular weight is 277 g/mol. The van der Waals surface area contributed by atoms with E-state index >= 15 is 0 Å². The summed E-state index contributed by atoms with van der Waals surface area (Å²) >= 11 is 0. The van der Waals surface area contributed by atoms with Gasteiger partial charge >= 0.3 is 11.7 Å². The number of nitrogens with zero attached hydrogens (tertiary/aromatic N) is 3. The molecule has 0 aliphatic carbocycles. The van der Waals surface area contributed by atoms with Gasteiger partial charge in [-0.15, -0.1) is 0 Å². The highest BCUT2D eigenvalue weighted by atomic mass is 16.5. The molecule has 0 saturated heterocycles. The van der Waals surface area contributed by atoms with Crippen molar-refractivity contribution < 1.29 is 14.4 Å². The van der Waals surface area contributed by atoms with Crippen LogP contribution in [0.1, 0.15) is 30.8 Å². The largest absolute Gasteiger partial charge is 0.481 e. The van der Waals surface area contributed by atoms with Crippen LogP contribution in [0.5, 0.6) is 0 Å². The smallest absolute Gasteiger partial charge is 0.353 e. The van der Waals surface area contributed by atoms with Crippen LogP contribution in [0, 0.1) is 0 Å². The molecule has 0 fully saturated rings. The van der Waals surface area contributed by atoms with E-state index in [1.165, 1.54) is 10.8 Å². The normalized spacial score (nSPS) is 10.7. The second-order valence-corrected chi connectivity index (χ2v) is 4.24. The van der Waals surface area contributed by atoms with E-state index in [9.17, 15) is 9.59 Å². The molecule has 20 heavy (non-hydrogen) atoms. The molecule has 7 nitrogen and oxygen atoms in total. The summed E-state index contributed by atoms with van der Waals surface area (Å²) in [6.07, 6.45) is 2.19. The Morgan fingerprint density at radius 1 is 1.40 bits per heavy atom. The first kappa shape index (κ1) is 14.0. The molecule has 1 N–H and O–H groups in total. The van der Waals surface area contributed by atoms with E-state index in [1.807, 2.05) is 13.8 Å². The number of rotatable bonds is 5. The maximum absolute atomic E-state index is 12.1. The first-order valence-corrected chi connectivity index (χ1v) is 6.34. The summed E-state index contributed by atoms with van der Waals surface area (Å²) in [5.74, 6) is -0.643. The van der Waals surface area contributed by atoms with Crippen LogP contribution in [0.2, 0.25) is 0 Å². The first-order chi connectivity index (χ1) is 9.58. The SMILES string of the molecule is CCc1nc(=O)n(-c2ccon2)c(CC)c1CC(=O)O. The molecule has 2 heterocycles. The fourth-order valence-electron chi connectivity index (χ4n) is 2.23. The second kappa shape index (κ2) is 5.68. The van der Waals surface area contributed by atoms with Crippen molar-refractivity contribution in [2.45, 2.75) is 33.1 Å². The molecule has 0 amide bonds. The second-order valence-electron chi connectivity index (χ2n) is 4.24. The van der Waals surface area contributed by atoms with Crippen LogP contribution in [0.25, 0.3) is 5.82 Å². The van der Waals surface area contributed by atoms with E-state index in [0.717, 1.165) is 0 Å². The van der Waals surface area contributed by atoms with E-state index in [0.29, 0.717) is 35.6 Å². The molecule has 0 aromatic carbocycles. The standard InChI is InChI=1S/C13H15N3O4/c1-3-9-8(7-12(17)18)10(4-2)16(13(19)14-9)11-5-6-20-15-11/h5-6H,3-4,7H2,1-2H3,(H,17,18). The molecular formula is C13H15N3O4. The van der Waals surface area contributed by atoms with E-state index in [1.54, 1.807) is 6.07 Å². The molecule has 0 bridgehead atoms. The zero-order valence-electron chi connectivity index (χ0n) is 11.3. The van der Waals surface area contributed by atoms with Crippen LogP contribution in [0.4, 0.5) is 0 Å². The lowest BCUT2D eigenvalue weighted by atomic mass is 10.0. The summed E-state index contributed by atoms with van der Waals surface area (Å²) in [5.41, 5.74) is 1.24. The molecule has 2 aromatic heterocycles. The third-order valence-corrected chi connectivity index (χ3v) is 3.04. The first-order valence-electron chi connectivity index (χ1n) is 6.34. The van der Waals surface area contributed by atoms with Gasteiger partial charge in [0.05, 0.1) is 12.1 Å². The van der Waals surface area contributed by atoms with Gasteiger partial charge < -0.3 is 9.63 Å². The average Bonchev–Trinajstić information content (AvgIpc) is 2.92. The highest BCUT2D eigenvalue weighted by Gasteiger charge is 2.19. The Labute approximate surface area is 114 Å². The summed E-state index contributed by atoms with van der Waals surface area (Å²) in [7, 11) is 0. The van der Waals surface area contributed by atoms with Gasteiger partial charge in [0.1, 0.15) is 6.26 Å². The highest BCUT2D eigenvalue weighted by Crippen LogP contribution is 2.16. The maximum atomic E-state index is 12.1. The zero-order valence-corrected chi connectivity index (χ0v) is 11.3. The van der Waals surface area contributed by atoms with Gasteiger partial charge in [-0.2, -0.15) is 4.98 Å². The van der Waals surface area contributed by atoms with Crippen LogP contribution in [0.15, 0.2) is 21.6 Å². The minimum absolute atomic E-state index is 0.169. The van der Waals surface area contributed by atoms with Gasteiger partial charge in [0, 0.05) is 17.3 Å². The van der Waals surface area contributed by atoms with Gasteiger partial charge in [-0.05, 0) is 12.8 Å². The van der Waals surface area contributed by atoms with Crippen molar-refractivity contribution in [1.82, 2.24) is 14.7 Å². The number of aliphatic carboxylic acids is 1. The molecule has 0 atom stereocenters. The van der Waals surface area contributed by atoms with Crippen LogP contribution in [0.3, 0.4) is 0 Å². The van der Waals surface area contributed by atoms with Gasteiger partial charge in [0.2, 0.25) is 0 Å². The Balaban J connectivity index is 2.75. The van der Waals surface area contributed by atoms with Crippen LogP contribution in [-0.2, 0) is 24.1 Å². The Hall–Kier alpha value is -2.44. The number of carboxylic acid groups (broad SMARTS) is 1. The molecular weight excluding hydrogens is 262 g/mol. The Bertz CT molecular complexity index is 674. The van der Waals surface area contributed by atoms with Gasteiger partial charge in [-0.1, -0.05) is 19.0 Å². The summed E-state index contributed by atoms with van der Waals surface area (Å²) in [6, 6.07) is 1.54. The van der Waals surface area contributed by atoms with Gasteiger partial charge in [-0.25, -0.2) is 9.36 Å². The van der Waals surface area contributed by atoms with Crippen molar-refractivity contribution in [2.24, 2.45) is 0 Å². The molecule has 0 unspecified atom stereocenters. The van der Waals surface area contributed by atoms with E-state index in [-0.39, 0.29) is 6.42 Å². The van der Waals surface area contributed by atoms with Crippen LogP contribution in [-0.4, -0.2) is 25.8 Å². The van der Waals surface area contributed by atoms with Crippen molar-refractivity contribution in [3.05, 3.63) is 39.8 Å². The van der Waals surface area contributed by atoms with Gasteiger partial charge in [0.15, 0.2) is 5.82 Å². The Morgan fingerprint density at radius 3 is 2.65 bits per heavy atom. The Morgan fingerprint density at radius 2 is 2.15 bits per heavy atom. The number of carboxylic acids is 1. The molecule has 0 aliphatic heterocycles.